The van der Waals surface area contributed by atoms with Gasteiger partial charge in [-0.25, -0.2) is 4.98 Å². The van der Waals surface area contributed by atoms with E-state index in [2.05, 4.69) is 20.3 Å². The number of carbonyl (C=O) groups excluding carboxylic acids is 1. The number of fused-ring (bicyclic) bond motifs is 2. The van der Waals surface area contributed by atoms with Crippen LogP contribution in [-0.4, -0.2) is 20.9 Å². The summed E-state index contributed by atoms with van der Waals surface area (Å²) in [5.74, 6) is 0.386. The van der Waals surface area contributed by atoms with Gasteiger partial charge < -0.3 is 9.97 Å². The van der Waals surface area contributed by atoms with E-state index in [1.54, 1.807) is 0 Å². The highest BCUT2D eigenvalue weighted by atomic mass is 16.1. The number of aromatic nitrogens is 3. The molecule has 5 nitrogen and oxygen atoms in total. The molecule has 2 heterocycles. The number of aromatic amines is 2. The smallest absolute Gasteiger partial charge is 0.231 e. The Balaban J connectivity index is 1.51. The molecule has 0 aliphatic heterocycles. The zero-order valence-corrected chi connectivity index (χ0v) is 11.8. The minimum absolute atomic E-state index is 0.0926. The largest absolute Gasteiger partial charge is 0.361 e. The number of carbonyl (C=O) groups is 1. The summed E-state index contributed by atoms with van der Waals surface area (Å²) in [6.07, 6.45) is 2.20. The normalized spacial score (nSPS) is 11.1. The topological polar surface area (TPSA) is 73.6 Å². The van der Waals surface area contributed by atoms with Crippen molar-refractivity contribution < 1.29 is 4.79 Å². The average molecular weight is 290 g/mol. The van der Waals surface area contributed by atoms with Crippen LogP contribution in [0.15, 0.2) is 54.7 Å². The second kappa shape index (κ2) is 5.04. The quantitative estimate of drug-likeness (QED) is 0.542. The van der Waals surface area contributed by atoms with Crippen LogP contribution in [0.25, 0.3) is 21.9 Å². The van der Waals surface area contributed by atoms with Crippen LogP contribution in [0.2, 0.25) is 0 Å². The first-order valence-corrected chi connectivity index (χ1v) is 7.08. The number of hydrogen-bond donors (Lipinski definition) is 3. The number of hydrogen-bond acceptors (Lipinski definition) is 2. The van der Waals surface area contributed by atoms with Crippen molar-refractivity contribution in [1.82, 2.24) is 15.0 Å². The fraction of sp³-hybridized carbons (Fsp3) is 0.0588. The van der Waals surface area contributed by atoms with Crippen molar-refractivity contribution in [3.8, 4) is 0 Å². The highest BCUT2D eigenvalue weighted by molar-refractivity contribution is 5.93. The third-order valence-electron chi connectivity index (χ3n) is 3.63. The van der Waals surface area contributed by atoms with E-state index in [1.165, 1.54) is 0 Å². The van der Waals surface area contributed by atoms with Gasteiger partial charge in [0.1, 0.15) is 0 Å². The number of anilines is 1. The Bertz CT molecular complexity index is 928. The molecular weight excluding hydrogens is 276 g/mol. The molecule has 2 aromatic carbocycles. The second-order valence-corrected chi connectivity index (χ2v) is 5.23. The van der Waals surface area contributed by atoms with Gasteiger partial charge in [0.05, 0.1) is 17.5 Å². The van der Waals surface area contributed by atoms with Gasteiger partial charge in [-0.2, -0.15) is 0 Å². The van der Waals surface area contributed by atoms with E-state index in [0.29, 0.717) is 12.4 Å². The first kappa shape index (κ1) is 12.6. The Hall–Kier alpha value is -3.08. The molecule has 0 radical (unpaired) electrons. The minimum atomic E-state index is -0.0926. The first-order valence-electron chi connectivity index (χ1n) is 7.08. The standard InChI is InChI=1S/C17H14N4O/c22-16(10-11-5-6-12-7-8-18-15(12)9-11)21-17-19-13-3-1-2-4-14(13)20-17/h1-9,18H,10H2,(H2,19,20,21,22). The molecule has 4 rings (SSSR count). The zero-order chi connectivity index (χ0) is 14.9. The predicted octanol–water partition coefficient (Wildman–Crippen LogP) is 3.23. The molecule has 3 N–H and O–H groups in total. The number of imidazole rings is 1. The van der Waals surface area contributed by atoms with Crippen molar-refractivity contribution in [2.24, 2.45) is 0 Å². The van der Waals surface area contributed by atoms with Crippen molar-refractivity contribution in [3.05, 3.63) is 60.3 Å². The van der Waals surface area contributed by atoms with Gasteiger partial charge in [-0.15, -0.1) is 0 Å². The number of benzene rings is 2. The van der Waals surface area contributed by atoms with E-state index in [1.807, 2.05) is 54.7 Å². The Labute approximate surface area is 126 Å². The molecule has 108 valence electrons. The molecule has 0 spiro atoms. The van der Waals surface area contributed by atoms with Gasteiger partial charge in [-0.1, -0.05) is 24.3 Å². The molecular formula is C17H14N4O. The molecule has 0 unspecified atom stereocenters. The molecule has 0 saturated carbocycles. The summed E-state index contributed by atoms with van der Waals surface area (Å²) >= 11 is 0. The average Bonchev–Trinajstić information content (AvgIpc) is 3.11. The summed E-state index contributed by atoms with van der Waals surface area (Å²) in [4.78, 5) is 22.7. The fourth-order valence-electron chi connectivity index (χ4n) is 2.58. The van der Waals surface area contributed by atoms with Crippen LogP contribution in [0, 0.1) is 0 Å². The number of amides is 1. The fourth-order valence-corrected chi connectivity index (χ4v) is 2.58. The Morgan fingerprint density at radius 2 is 2.00 bits per heavy atom. The van der Waals surface area contributed by atoms with Crippen LogP contribution in [0.4, 0.5) is 5.95 Å². The lowest BCUT2D eigenvalue weighted by Crippen LogP contribution is -2.15. The molecule has 1 amide bonds. The molecule has 0 aliphatic carbocycles. The van der Waals surface area contributed by atoms with Crippen molar-refractivity contribution >= 4 is 33.8 Å². The third-order valence-corrected chi connectivity index (χ3v) is 3.63. The lowest BCUT2D eigenvalue weighted by molar-refractivity contribution is -0.115. The Kier molecular flexibility index (Phi) is 2.89. The van der Waals surface area contributed by atoms with Crippen molar-refractivity contribution in [2.75, 3.05) is 5.32 Å². The van der Waals surface area contributed by atoms with Gasteiger partial charge in [-0.3, -0.25) is 10.1 Å². The number of nitrogens with zero attached hydrogens (tertiary/aromatic N) is 1. The summed E-state index contributed by atoms with van der Waals surface area (Å²) in [7, 11) is 0. The van der Waals surface area contributed by atoms with Crippen LogP contribution < -0.4 is 5.32 Å². The maximum Gasteiger partial charge on any atom is 0.231 e. The van der Waals surface area contributed by atoms with Crippen LogP contribution in [0.5, 0.6) is 0 Å². The summed E-state index contributed by atoms with van der Waals surface area (Å²) in [5.41, 5.74) is 3.74. The van der Waals surface area contributed by atoms with Crippen molar-refractivity contribution in [2.45, 2.75) is 6.42 Å². The van der Waals surface area contributed by atoms with Crippen molar-refractivity contribution in [3.63, 3.8) is 0 Å². The lowest BCUT2D eigenvalue weighted by atomic mass is 10.1. The highest BCUT2D eigenvalue weighted by Gasteiger charge is 2.08. The SMILES string of the molecule is O=C(Cc1ccc2cc[nH]c2c1)Nc1nc2ccccc2[nH]1. The molecule has 0 aliphatic rings. The van der Waals surface area contributed by atoms with E-state index < -0.39 is 0 Å². The summed E-state index contributed by atoms with van der Waals surface area (Å²) in [6.45, 7) is 0. The van der Waals surface area contributed by atoms with Crippen molar-refractivity contribution in [1.29, 1.82) is 0 Å². The Morgan fingerprint density at radius 1 is 1.09 bits per heavy atom. The molecule has 5 heteroatoms. The van der Waals surface area contributed by atoms with Gasteiger partial charge in [0.2, 0.25) is 11.9 Å². The number of nitrogens with one attached hydrogen (secondary N) is 3. The van der Waals surface area contributed by atoms with Crippen LogP contribution >= 0.6 is 0 Å². The van der Waals surface area contributed by atoms with E-state index in [9.17, 15) is 4.79 Å². The number of rotatable bonds is 3. The second-order valence-electron chi connectivity index (χ2n) is 5.23. The summed E-state index contributed by atoms with van der Waals surface area (Å²) in [5, 5.41) is 3.95. The molecule has 0 atom stereocenters. The number of H-pyrrole nitrogens is 2. The lowest BCUT2D eigenvalue weighted by Gasteiger charge is -2.02. The van der Waals surface area contributed by atoms with Crippen LogP contribution in [0.3, 0.4) is 0 Å². The minimum Gasteiger partial charge on any atom is -0.361 e. The van der Waals surface area contributed by atoms with Gasteiger partial charge >= 0.3 is 0 Å². The molecule has 22 heavy (non-hydrogen) atoms. The molecule has 2 aromatic heterocycles. The van der Waals surface area contributed by atoms with Gasteiger partial charge in [0.25, 0.3) is 0 Å². The summed E-state index contributed by atoms with van der Waals surface area (Å²) < 4.78 is 0. The summed E-state index contributed by atoms with van der Waals surface area (Å²) in [6, 6.07) is 15.7. The maximum atomic E-state index is 12.2. The first-order chi connectivity index (χ1) is 10.8. The van der Waals surface area contributed by atoms with Gasteiger partial charge in [0.15, 0.2) is 0 Å². The predicted molar refractivity (Wildman–Crippen MR) is 86.7 cm³/mol. The molecule has 4 aromatic rings. The van der Waals surface area contributed by atoms with Crippen LogP contribution in [0.1, 0.15) is 5.56 Å². The zero-order valence-electron chi connectivity index (χ0n) is 11.8. The highest BCUT2D eigenvalue weighted by Crippen LogP contribution is 2.16. The Morgan fingerprint density at radius 3 is 2.91 bits per heavy atom. The van der Waals surface area contributed by atoms with Crippen LogP contribution in [-0.2, 0) is 11.2 Å². The van der Waals surface area contributed by atoms with Gasteiger partial charge in [-0.05, 0) is 35.2 Å². The third kappa shape index (κ3) is 2.33. The monoisotopic (exact) mass is 290 g/mol. The number of para-hydroxylation sites is 2. The molecule has 0 bridgehead atoms. The molecule has 0 fully saturated rings. The van der Waals surface area contributed by atoms with E-state index in [4.69, 9.17) is 0 Å². The molecule has 0 saturated heterocycles. The van der Waals surface area contributed by atoms with E-state index in [-0.39, 0.29) is 5.91 Å². The maximum absolute atomic E-state index is 12.2. The van der Waals surface area contributed by atoms with E-state index >= 15 is 0 Å². The van der Waals surface area contributed by atoms with E-state index in [0.717, 1.165) is 27.5 Å². The van der Waals surface area contributed by atoms with Gasteiger partial charge in [0, 0.05) is 11.7 Å².